The van der Waals surface area contributed by atoms with E-state index in [2.05, 4.69) is 72.9 Å². The number of nitrogens with one attached hydrogen (secondary N) is 1. The Morgan fingerprint density at radius 3 is 2.17 bits per heavy atom. The lowest BCUT2D eigenvalue weighted by atomic mass is 10.1. The van der Waals surface area contributed by atoms with Crippen molar-refractivity contribution in [3.63, 3.8) is 0 Å². The normalized spacial score (nSPS) is 12.3. The van der Waals surface area contributed by atoms with E-state index in [1.807, 2.05) is 11.8 Å². The first kappa shape index (κ1) is 13.2. The summed E-state index contributed by atoms with van der Waals surface area (Å²) in [4.78, 5) is 1.33. The Bertz CT molecular complexity index is 441. The van der Waals surface area contributed by atoms with E-state index in [-0.39, 0.29) is 0 Å². The zero-order valence-corrected chi connectivity index (χ0v) is 11.5. The second kappa shape index (κ2) is 7.24. The van der Waals surface area contributed by atoms with Gasteiger partial charge < -0.3 is 5.32 Å². The first-order valence-electron chi connectivity index (χ1n) is 6.36. The van der Waals surface area contributed by atoms with E-state index in [0.717, 1.165) is 12.3 Å². The van der Waals surface area contributed by atoms with Crippen LogP contribution in [0, 0.1) is 0 Å². The molecule has 1 N–H and O–H groups in total. The topological polar surface area (TPSA) is 12.0 Å². The van der Waals surface area contributed by atoms with E-state index in [1.54, 1.807) is 0 Å². The van der Waals surface area contributed by atoms with Crippen LogP contribution in [0.5, 0.6) is 0 Å². The standard InChI is InChI=1S/C16H19NS/c1-2-17-16(14-9-5-3-6-10-14)13-18-15-11-7-4-8-12-15/h3-12,16-17H,2,13H2,1H3. The van der Waals surface area contributed by atoms with Crippen LogP contribution in [0.4, 0.5) is 0 Å². The molecule has 0 spiro atoms. The third-order valence-electron chi connectivity index (χ3n) is 2.81. The molecule has 2 rings (SSSR count). The first-order chi connectivity index (χ1) is 8.90. The average Bonchev–Trinajstić information content (AvgIpc) is 2.45. The van der Waals surface area contributed by atoms with Gasteiger partial charge in [-0.1, -0.05) is 55.5 Å². The highest BCUT2D eigenvalue weighted by molar-refractivity contribution is 7.99. The largest absolute Gasteiger partial charge is 0.309 e. The monoisotopic (exact) mass is 257 g/mol. The summed E-state index contributed by atoms with van der Waals surface area (Å²) in [6.07, 6.45) is 0. The highest BCUT2D eigenvalue weighted by Gasteiger charge is 2.09. The van der Waals surface area contributed by atoms with Crippen LogP contribution in [0.15, 0.2) is 65.6 Å². The van der Waals surface area contributed by atoms with E-state index in [1.165, 1.54) is 10.5 Å². The molecule has 0 fully saturated rings. The molecule has 0 radical (unpaired) electrons. The lowest BCUT2D eigenvalue weighted by Crippen LogP contribution is -2.22. The molecular weight excluding hydrogens is 238 g/mol. The predicted molar refractivity (Wildman–Crippen MR) is 80.0 cm³/mol. The van der Waals surface area contributed by atoms with Gasteiger partial charge in [-0.2, -0.15) is 0 Å². The van der Waals surface area contributed by atoms with E-state index in [4.69, 9.17) is 0 Å². The summed E-state index contributed by atoms with van der Waals surface area (Å²) >= 11 is 1.90. The molecule has 0 aliphatic rings. The molecule has 1 unspecified atom stereocenters. The summed E-state index contributed by atoms with van der Waals surface area (Å²) in [6, 6.07) is 21.6. The molecule has 0 saturated carbocycles. The van der Waals surface area contributed by atoms with Crippen LogP contribution < -0.4 is 5.32 Å². The molecule has 2 aromatic rings. The van der Waals surface area contributed by atoms with E-state index < -0.39 is 0 Å². The molecule has 1 atom stereocenters. The van der Waals surface area contributed by atoms with E-state index >= 15 is 0 Å². The van der Waals surface area contributed by atoms with Gasteiger partial charge in [-0.25, -0.2) is 0 Å². The van der Waals surface area contributed by atoms with E-state index in [9.17, 15) is 0 Å². The fourth-order valence-corrected chi connectivity index (χ4v) is 2.92. The summed E-state index contributed by atoms with van der Waals surface area (Å²) in [6.45, 7) is 3.15. The molecule has 0 heterocycles. The van der Waals surface area contributed by atoms with Crippen molar-refractivity contribution in [2.45, 2.75) is 17.9 Å². The lowest BCUT2D eigenvalue weighted by Gasteiger charge is -2.18. The first-order valence-corrected chi connectivity index (χ1v) is 7.35. The van der Waals surface area contributed by atoms with Crippen molar-refractivity contribution in [1.82, 2.24) is 5.32 Å². The molecule has 18 heavy (non-hydrogen) atoms. The summed E-state index contributed by atoms with van der Waals surface area (Å²) < 4.78 is 0. The SMILES string of the molecule is CCNC(CSc1ccccc1)c1ccccc1. The van der Waals surface area contributed by atoms with Crippen molar-refractivity contribution in [2.24, 2.45) is 0 Å². The van der Waals surface area contributed by atoms with Gasteiger partial charge in [0.2, 0.25) is 0 Å². The van der Waals surface area contributed by atoms with Gasteiger partial charge in [0.1, 0.15) is 0 Å². The summed E-state index contributed by atoms with van der Waals surface area (Å²) in [5, 5.41) is 3.55. The summed E-state index contributed by atoms with van der Waals surface area (Å²) in [5.74, 6) is 1.06. The molecule has 1 nitrogen and oxygen atoms in total. The Morgan fingerprint density at radius 1 is 0.944 bits per heavy atom. The molecular formula is C16H19NS. The Balaban J connectivity index is 1.99. The fraction of sp³-hybridized carbons (Fsp3) is 0.250. The van der Waals surface area contributed by atoms with Crippen molar-refractivity contribution >= 4 is 11.8 Å². The minimum atomic E-state index is 0.418. The van der Waals surface area contributed by atoms with Crippen molar-refractivity contribution in [3.05, 3.63) is 66.2 Å². The summed E-state index contributed by atoms with van der Waals surface area (Å²) in [5.41, 5.74) is 1.36. The smallest absolute Gasteiger partial charge is 0.0415 e. The second-order valence-electron chi connectivity index (χ2n) is 4.15. The van der Waals surface area contributed by atoms with Crippen molar-refractivity contribution < 1.29 is 0 Å². The van der Waals surface area contributed by atoms with Crippen LogP contribution in [-0.4, -0.2) is 12.3 Å². The molecule has 2 heteroatoms. The third kappa shape index (κ3) is 3.90. The van der Waals surface area contributed by atoms with Gasteiger partial charge in [0.15, 0.2) is 0 Å². The Labute approximate surface area is 114 Å². The number of hydrogen-bond donors (Lipinski definition) is 1. The molecule has 0 aliphatic heterocycles. The van der Waals surface area contributed by atoms with Gasteiger partial charge in [-0.05, 0) is 24.2 Å². The molecule has 0 bridgehead atoms. The van der Waals surface area contributed by atoms with E-state index in [0.29, 0.717) is 6.04 Å². The van der Waals surface area contributed by atoms with Crippen LogP contribution in [0.1, 0.15) is 18.5 Å². The van der Waals surface area contributed by atoms with Crippen molar-refractivity contribution in [3.8, 4) is 0 Å². The molecule has 0 aromatic heterocycles. The molecule has 0 amide bonds. The Kier molecular flexibility index (Phi) is 5.31. The van der Waals surface area contributed by atoms with Crippen LogP contribution in [0.25, 0.3) is 0 Å². The molecule has 94 valence electrons. The van der Waals surface area contributed by atoms with Crippen LogP contribution in [0.2, 0.25) is 0 Å². The maximum absolute atomic E-state index is 3.55. The minimum Gasteiger partial charge on any atom is -0.309 e. The minimum absolute atomic E-state index is 0.418. The van der Waals surface area contributed by atoms with Gasteiger partial charge in [0.05, 0.1) is 0 Å². The predicted octanol–water partition coefficient (Wildman–Crippen LogP) is 4.13. The number of hydrogen-bond acceptors (Lipinski definition) is 2. The van der Waals surface area contributed by atoms with Gasteiger partial charge in [0, 0.05) is 16.7 Å². The number of benzene rings is 2. The number of rotatable bonds is 6. The van der Waals surface area contributed by atoms with Gasteiger partial charge in [0.25, 0.3) is 0 Å². The second-order valence-corrected chi connectivity index (χ2v) is 5.24. The lowest BCUT2D eigenvalue weighted by molar-refractivity contribution is 0.606. The highest BCUT2D eigenvalue weighted by atomic mass is 32.2. The maximum Gasteiger partial charge on any atom is 0.0415 e. The van der Waals surface area contributed by atoms with Gasteiger partial charge in [-0.3, -0.25) is 0 Å². The third-order valence-corrected chi connectivity index (χ3v) is 3.92. The quantitative estimate of drug-likeness (QED) is 0.781. The fourth-order valence-electron chi connectivity index (χ4n) is 1.90. The van der Waals surface area contributed by atoms with Crippen LogP contribution in [0.3, 0.4) is 0 Å². The number of thioether (sulfide) groups is 1. The highest BCUT2D eigenvalue weighted by Crippen LogP contribution is 2.24. The van der Waals surface area contributed by atoms with Crippen molar-refractivity contribution in [1.29, 1.82) is 0 Å². The van der Waals surface area contributed by atoms with Crippen LogP contribution >= 0.6 is 11.8 Å². The Hall–Kier alpha value is -1.25. The molecule has 2 aromatic carbocycles. The van der Waals surface area contributed by atoms with Gasteiger partial charge in [-0.15, -0.1) is 11.8 Å². The molecule has 0 saturated heterocycles. The maximum atomic E-state index is 3.55. The van der Waals surface area contributed by atoms with Gasteiger partial charge >= 0.3 is 0 Å². The van der Waals surface area contributed by atoms with Crippen LogP contribution in [-0.2, 0) is 0 Å². The van der Waals surface area contributed by atoms with Crippen molar-refractivity contribution in [2.75, 3.05) is 12.3 Å². The molecule has 0 aliphatic carbocycles. The zero-order chi connectivity index (χ0) is 12.6. The zero-order valence-electron chi connectivity index (χ0n) is 10.7. The average molecular weight is 257 g/mol. The Morgan fingerprint density at radius 2 is 1.56 bits per heavy atom. The summed E-state index contributed by atoms with van der Waals surface area (Å²) in [7, 11) is 0.